The summed E-state index contributed by atoms with van der Waals surface area (Å²) in [6.45, 7) is 0.860. The van der Waals surface area contributed by atoms with E-state index in [1.54, 1.807) is 12.1 Å². The molecule has 0 saturated heterocycles. The van der Waals surface area contributed by atoms with Crippen LogP contribution < -0.4 is 5.32 Å². The lowest BCUT2D eigenvalue weighted by Crippen LogP contribution is -2.21. The highest BCUT2D eigenvalue weighted by Gasteiger charge is 2.07. The lowest BCUT2D eigenvalue weighted by atomic mass is 10.2. The third kappa shape index (κ3) is 5.04. The van der Waals surface area contributed by atoms with E-state index < -0.39 is 9.84 Å². The fourth-order valence-electron chi connectivity index (χ4n) is 1.75. The summed E-state index contributed by atoms with van der Waals surface area (Å²) in [6.07, 6.45) is 1.21. The van der Waals surface area contributed by atoms with Crippen molar-refractivity contribution in [3.63, 3.8) is 0 Å². The number of nitrogens with one attached hydrogen (secondary N) is 1. The molecule has 0 radical (unpaired) electrons. The van der Waals surface area contributed by atoms with Crippen LogP contribution in [-0.2, 0) is 16.4 Å². The Bertz CT molecular complexity index is 726. The zero-order valence-corrected chi connectivity index (χ0v) is 13.7. The number of rotatable bonds is 6. The van der Waals surface area contributed by atoms with Crippen LogP contribution in [0.2, 0.25) is 10.0 Å². The minimum absolute atomic E-state index is 0.105. The van der Waals surface area contributed by atoms with Gasteiger partial charge < -0.3 is 9.73 Å². The minimum atomic E-state index is -2.95. The second-order valence-corrected chi connectivity index (χ2v) is 7.78. The fraction of sp³-hybridized carbons (Fsp3) is 0.286. The maximum absolute atomic E-state index is 11.0. The van der Waals surface area contributed by atoms with Crippen molar-refractivity contribution < 1.29 is 12.8 Å². The van der Waals surface area contributed by atoms with Gasteiger partial charge in [0, 0.05) is 18.4 Å². The van der Waals surface area contributed by atoms with Gasteiger partial charge in [0.2, 0.25) is 0 Å². The van der Waals surface area contributed by atoms with Gasteiger partial charge in [-0.2, -0.15) is 0 Å². The van der Waals surface area contributed by atoms with Crippen molar-refractivity contribution in [2.45, 2.75) is 6.54 Å². The first kappa shape index (κ1) is 16.4. The molecular weight excluding hydrogens is 333 g/mol. The van der Waals surface area contributed by atoms with Gasteiger partial charge in [-0.3, -0.25) is 0 Å². The van der Waals surface area contributed by atoms with Gasteiger partial charge in [-0.15, -0.1) is 0 Å². The lowest BCUT2D eigenvalue weighted by molar-refractivity contribution is 0.498. The van der Waals surface area contributed by atoms with Gasteiger partial charge in [0.05, 0.1) is 22.3 Å². The fourth-order valence-corrected chi connectivity index (χ4v) is 2.56. The van der Waals surface area contributed by atoms with Gasteiger partial charge in [-0.1, -0.05) is 23.2 Å². The van der Waals surface area contributed by atoms with Crippen LogP contribution in [-0.4, -0.2) is 27.0 Å². The molecule has 0 fully saturated rings. The Hall–Kier alpha value is -1.01. The minimum Gasteiger partial charge on any atom is -0.460 e. The Morgan fingerprint density at radius 1 is 1.14 bits per heavy atom. The van der Waals surface area contributed by atoms with Crippen molar-refractivity contribution in [2.24, 2.45) is 0 Å². The molecule has 2 rings (SSSR count). The third-order valence-electron chi connectivity index (χ3n) is 2.81. The van der Waals surface area contributed by atoms with E-state index in [1.165, 1.54) is 6.26 Å². The second-order valence-electron chi connectivity index (χ2n) is 4.70. The van der Waals surface area contributed by atoms with Crippen molar-refractivity contribution in [1.82, 2.24) is 5.32 Å². The standard InChI is InChI=1S/C14H15Cl2NO3S/c1-21(18,19)7-6-17-9-11-3-5-14(20-11)10-2-4-12(15)13(16)8-10/h2-5,8,17H,6-7,9H2,1H3. The molecule has 1 aromatic carbocycles. The zero-order valence-electron chi connectivity index (χ0n) is 11.4. The first-order valence-corrected chi connectivity index (χ1v) is 9.09. The number of hydrogen-bond acceptors (Lipinski definition) is 4. The van der Waals surface area contributed by atoms with Crippen LogP contribution in [0.3, 0.4) is 0 Å². The Morgan fingerprint density at radius 3 is 2.57 bits per heavy atom. The molecule has 0 aliphatic rings. The van der Waals surface area contributed by atoms with E-state index in [1.807, 2.05) is 18.2 Å². The molecule has 21 heavy (non-hydrogen) atoms. The number of hydrogen-bond donors (Lipinski definition) is 1. The first-order chi connectivity index (χ1) is 9.85. The van der Waals surface area contributed by atoms with Crippen LogP contribution in [0.15, 0.2) is 34.7 Å². The smallest absolute Gasteiger partial charge is 0.148 e. The highest BCUT2D eigenvalue weighted by atomic mass is 35.5. The van der Waals surface area contributed by atoms with Crippen molar-refractivity contribution in [3.05, 3.63) is 46.1 Å². The summed E-state index contributed by atoms with van der Waals surface area (Å²) in [7, 11) is -2.95. The van der Waals surface area contributed by atoms with Crippen LogP contribution >= 0.6 is 23.2 Å². The summed E-state index contributed by atoms with van der Waals surface area (Å²) < 4.78 is 27.7. The van der Waals surface area contributed by atoms with Gasteiger partial charge in [-0.25, -0.2) is 8.42 Å². The van der Waals surface area contributed by atoms with E-state index in [9.17, 15) is 8.42 Å². The summed E-state index contributed by atoms with van der Waals surface area (Å²) in [4.78, 5) is 0. The van der Waals surface area contributed by atoms with Crippen LogP contribution in [0, 0.1) is 0 Å². The van der Waals surface area contributed by atoms with Crippen molar-refractivity contribution in [1.29, 1.82) is 0 Å². The first-order valence-electron chi connectivity index (χ1n) is 6.28. The second kappa shape index (κ2) is 6.83. The number of halogens is 2. The van der Waals surface area contributed by atoms with Gasteiger partial charge >= 0.3 is 0 Å². The highest BCUT2D eigenvalue weighted by Crippen LogP contribution is 2.29. The number of furan rings is 1. The van der Waals surface area contributed by atoms with E-state index in [0.29, 0.717) is 28.9 Å². The van der Waals surface area contributed by atoms with Crippen LogP contribution in [0.25, 0.3) is 11.3 Å². The molecule has 1 N–H and O–H groups in total. The molecule has 1 heterocycles. The summed E-state index contributed by atoms with van der Waals surface area (Å²) in [5.41, 5.74) is 0.840. The molecule has 0 bridgehead atoms. The summed E-state index contributed by atoms with van der Waals surface area (Å²) >= 11 is 11.8. The van der Waals surface area contributed by atoms with Gasteiger partial charge in [-0.05, 0) is 30.3 Å². The Kier molecular flexibility index (Phi) is 5.32. The van der Waals surface area contributed by atoms with Crippen molar-refractivity contribution >= 4 is 33.0 Å². The maximum atomic E-state index is 11.0. The van der Waals surface area contributed by atoms with E-state index in [2.05, 4.69) is 5.32 Å². The molecule has 0 aliphatic carbocycles. The monoisotopic (exact) mass is 347 g/mol. The summed E-state index contributed by atoms with van der Waals surface area (Å²) in [5, 5.41) is 3.99. The molecular formula is C14H15Cl2NO3S. The van der Waals surface area contributed by atoms with Crippen LogP contribution in [0.4, 0.5) is 0 Å². The Labute approximate surface area is 134 Å². The molecule has 114 valence electrons. The summed E-state index contributed by atoms with van der Waals surface area (Å²) in [6, 6.07) is 8.96. The molecule has 1 aromatic heterocycles. The SMILES string of the molecule is CS(=O)(=O)CCNCc1ccc(-c2ccc(Cl)c(Cl)c2)o1. The van der Waals surface area contributed by atoms with Gasteiger partial charge in [0.1, 0.15) is 21.4 Å². The quantitative estimate of drug-likeness (QED) is 0.813. The Balaban J connectivity index is 1.96. The van der Waals surface area contributed by atoms with Crippen LogP contribution in [0.5, 0.6) is 0 Å². The molecule has 0 saturated carbocycles. The maximum Gasteiger partial charge on any atom is 0.148 e. The topological polar surface area (TPSA) is 59.3 Å². The molecule has 0 unspecified atom stereocenters. The molecule has 7 heteroatoms. The Morgan fingerprint density at radius 2 is 1.90 bits per heavy atom. The van der Waals surface area contributed by atoms with E-state index in [4.69, 9.17) is 27.6 Å². The molecule has 4 nitrogen and oxygen atoms in total. The van der Waals surface area contributed by atoms with Crippen molar-refractivity contribution in [3.8, 4) is 11.3 Å². The molecule has 2 aromatic rings. The average molecular weight is 348 g/mol. The third-order valence-corrected chi connectivity index (χ3v) is 4.50. The number of benzene rings is 1. The number of sulfone groups is 1. The van der Waals surface area contributed by atoms with E-state index in [-0.39, 0.29) is 5.75 Å². The predicted octanol–water partition coefficient (Wildman–Crippen LogP) is 3.39. The average Bonchev–Trinajstić information content (AvgIpc) is 2.86. The van der Waals surface area contributed by atoms with E-state index >= 15 is 0 Å². The van der Waals surface area contributed by atoms with Crippen LogP contribution in [0.1, 0.15) is 5.76 Å². The molecule has 0 atom stereocenters. The molecule has 0 aliphatic heterocycles. The molecule has 0 amide bonds. The normalized spacial score (nSPS) is 11.8. The predicted molar refractivity (Wildman–Crippen MR) is 85.6 cm³/mol. The zero-order chi connectivity index (χ0) is 15.5. The highest BCUT2D eigenvalue weighted by molar-refractivity contribution is 7.90. The summed E-state index contributed by atoms with van der Waals surface area (Å²) in [5.74, 6) is 1.52. The largest absolute Gasteiger partial charge is 0.460 e. The van der Waals surface area contributed by atoms with Gasteiger partial charge in [0.25, 0.3) is 0 Å². The molecule has 0 spiro atoms. The van der Waals surface area contributed by atoms with Crippen molar-refractivity contribution in [2.75, 3.05) is 18.6 Å². The van der Waals surface area contributed by atoms with E-state index in [0.717, 1.165) is 11.3 Å². The van der Waals surface area contributed by atoms with Gasteiger partial charge in [0.15, 0.2) is 0 Å². The lowest BCUT2D eigenvalue weighted by Gasteiger charge is -2.02.